The van der Waals surface area contributed by atoms with Crippen LogP contribution in [0.15, 0.2) is 29.4 Å². The van der Waals surface area contributed by atoms with Crippen molar-refractivity contribution >= 4 is 17.7 Å². The van der Waals surface area contributed by atoms with E-state index in [-0.39, 0.29) is 29.9 Å². The number of thioether (sulfide) groups is 1. The van der Waals surface area contributed by atoms with Crippen molar-refractivity contribution < 1.29 is 13.9 Å². The molecule has 3 atom stereocenters. The van der Waals surface area contributed by atoms with Crippen LogP contribution in [-0.2, 0) is 16.1 Å². The molecule has 0 spiro atoms. The van der Waals surface area contributed by atoms with Gasteiger partial charge in [-0.2, -0.15) is 0 Å². The normalized spacial score (nSPS) is 24.4. The molecule has 2 fully saturated rings. The third-order valence-electron chi connectivity index (χ3n) is 6.04. The molecule has 2 saturated heterocycles. The summed E-state index contributed by atoms with van der Waals surface area (Å²) in [5.41, 5.74) is 0.804. The Morgan fingerprint density at radius 3 is 2.53 bits per heavy atom. The lowest BCUT2D eigenvalue weighted by molar-refractivity contribution is -0.134. The molecule has 1 aromatic heterocycles. The largest absolute Gasteiger partial charge is 0.376 e. The third-order valence-corrected chi connectivity index (χ3v) is 6.99. The van der Waals surface area contributed by atoms with Gasteiger partial charge in [0.25, 0.3) is 0 Å². The molecule has 6 nitrogen and oxygen atoms in total. The summed E-state index contributed by atoms with van der Waals surface area (Å²) < 4.78 is 21.2. The van der Waals surface area contributed by atoms with Crippen molar-refractivity contribution in [2.75, 3.05) is 12.4 Å². The van der Waals surface area contributed by atoms with E-state index in [1.54, 1.807) is 12.1 Å². The predicted molar refractivity (Wildman–Crippen MR) is 115 cm³/mol. The number of halogens is 1. The minimum absolute atomic E-state index is 0.109. The maximum atomic E-state index is 13.4. The van der Waals surface area contributed by atoms with Gasteiger partial charge in [-0.25, -0.2) is 4.39 Å². The number of carbonyl (C=O) groups excluding carboxylic acids is 1. The minimum atomic E-state index is -0.283. The first-order chi connectivity index (χ1) is 14.5. The summed E-state index contributed by atoms with van der Waals surface area (Å²) in [5, 5.41) is 9.44. The summed E-state index contributed by atoms with van der Waals surface area (Å²) in [4.78, 5) is 15.0. The molecule has 0 aliphatic carbocycles. The average molecular weight is 433 g/mol. The number of nitrogens with zero attached hydrogens (tertiary/aromatic N) is 4. The summed E-state index contributed by atoms with van der Waals surface area (Å²) in [5.74, 6) is 0.880. The van der Waals surface area contributed by atoms with Gasteiger partial charge in [-0.05, 0) is 70.2 Å². The standard InChI is InChI=1S/C22H29FN4O2S/c1-15-5-3-6-16(2)27(15)20(28)14-30-22-25-24-21(17-8-10-18(23)11-9-17)26(22)13-19-7-4-12-29-19/h8-11,15-16,19H,3-7,12-14H2,1-2H3. The zero-order valence-electron chi connectivity index (χ0n) is 17.6. The molecule has 2 aliphatic heterocycles. The molecule has 0 bridgehead atoms. The number of hydrogen-bond acceptors (Lipinski definition) is 5. The maximum Gasteiger partial charge on any atom is 0.233 e. The number of piperidine rings is 1. The molecule has 1 amide bonds. The van der Waals surface area contributed by atoms with Crippen LogP contribution in [0.4, 0.5) is 4.39 Å². The van der Waals surface area contributed by atoms with Gasteiger partial charge in [0.1, 0.15) is 5.82 Å². The van der Waals surface area contributed by atoms with E-state index in [2.05, 4.69) is 24.0 Å². The minimum Gasteiger partial charge on any atom is -0.376 e. The molecule has 2 aliphatic rings. The Kier molecular flexibility index (Phi) is 6.73. The van der Waals surface area contributed by atoms with Crippen molar-refractivity contribution in [3.05, 3.63) is 30.1 Å². The van der Waals surface area contributed by atoms with Gasteiger partial charge in [0.05, 0.1) is 18.4 Å². The molecule has 1 aromatic carbocycles. The maximum absolute atomic E-state index is 13.4. The predicted octanol–water partition coefficient (Wildman–Crippen LogP) is 4.14. The summed E-state index contributed by atoms with van der Waals surface area (Å²) >= 11 is 1.42. The first-order valence-electron chi connectivity index (χ1n) is 10.8. The molecule has 2 aromatic rings. The van der Waals surface area contributed by atoms with Crippen molar-refractivity contribution in [2.24, 2.45) is 0 Å². The molecule has 3 heterocycles. The lowest BCUT2D eigenvalue weighted by Gasteiger charge is -2.39. The summed E-state index contributed by atoms with van der Waals surface area (Å²) in [7, 11) is 0. The zero-order valence-corrected chi connectivity index (χ0v) is 18.4. The van der Waals surface area contributed by atoms with Crippen LogP contribution in [0.5, 0.6) is 0 Å². The first-order valence-corrected chi connectivity index (χ1v) is 11.8. The fourth-order valence-corrected chi connectivity index (χ4v) is 5.30. The van der Waals surface area contributed by atoms with Crippen LogP contribution in [0.25, 0.3) is 11.4 Å². The van der Waals surface area contributed by atoms with Gasteiger partial charge in [0, 0.05) is 24.3 Å². The Morgan fingerprint density at radius 1 is 1.13 bits per heavy atom. The molecular formula is C22H29FN4O2S. The SMILES string of the molecule is CC1CCCC(C)N1C(=O)CSc1nnc(-c2ccc(F)cc2)n1CC1CCCO1. The van der Waals surface area contributed by atoms with Gasteiger partial charge in [0.15, 0.2) is 11.0 Å². The highest BCUT2D eigenvalue weighted by Crippen LogP contribution is 2.28. The number of rotatable bonds is 6. The number of aromatic nitrogens is 3. The quantitative estimate of drug-likeness (QED) is 0.642. The average Bonchev–Trinajstić information content (AvgIpc) is 3.37. The number of hydrogen-bond donors (Lipinski definition) is 0. The van der Waals surface area contributed by atoms with Crippen molar-refractivity contribution in [2.45, 2.75) is 75.8 Å². The van der Waals surface area contributed by atoms with Gasteiger partial charge >= 0.3 is 0 Å². The third kappa shape index (κ3) is 4.70. The highest BCUT2D eigenvalue weighted by Gasteiger charge is 2.29. The van der Waals surface area contributed by atoms with Crippen molar-refractivity contribution in [3.63, 3.8) is 0 Å². The molecular weight excluding hydrogens is 403 g/mol. The molecule has 0 N–H and O–H groups in total. The highest BCUT2D eigenvalue weighted by atomic mass is 32.2. The Labute approximate surface area is 181 Å². The molecule has 162 valence electrons. The first kappa shape index (κ1) is 21.3. The lowest BCUT2D eigenvalue weighted by atomic mass is 9.98. The second-order valence-corrected chi connectivity index (χ2v) is 9.22. The Balaban J connectivity index is 1.53. The van der Waals surface area contributed by atoms with E-state index < -0.39 is 0 Å². The van der Waals surface area contributed by atoms with E-state index in [1.807, 2.05) is 9.47 Å². The molecule has 4 rings (SSSR count). The Hall–Kier alpha value is -1.93. The summed E-state index contributed by atoms with van der Waals surface area (Å²) in [6.07, 6.45) is 5.44. The van der Waals surface area contributed by atoms with E-state index in [9.17, 15) is 9.18 Å². The second-order valence-electron chi connectivity index (χ2n) is 8.28. The van der Waals surface area contributed by atoms with E-state index in [0.29, 0.717) is 23.3 Å². The van der Waals surface area contributed by atoms with Gasteiger partial charge in [0.2, 0.25) is 5.91 Å². The van der Waals surface area contributed by atoms with Gasteiger partial charge in [-0.3, -0.25) is 9.36 Å². The highest BCUT2D eigenvalue weighted by molar-refractivity contribution is 7.99. The smallest absolute Gasteiger partial charge is 0.233 e. The molecule has 0 saturated carbocycles. The van der Waals surface area contributed by atoms with Crippen LogP contribution in [0.1, 0.15) is 46.0 Å². The van der Waals surface area contributed by atoms with Crippen LogP contribution in [0.3, 0.4) is 0 Å². The van der Waals surface area contributed by atoms with Gasteiger partial charge in [-0.15, -0.1) is 10.2 Å². The van der Waals surface area contributed by atoms with Crippen LogP contribution in [0.2, 0.25) is 0 Å². The zero-order chi connectivity index (χ0) is 21.1. The number of benzene rings is 1. The topological polar surface area (TPSA) is 60.2 Å². The van der Waals surface area contributed by atoms with E-state index in [4.69, 9.17) is 4.74 Å². The van der Waals surface area contributed by atoms with E-state index in [0.717, 1.165) is 37.9 Å². The summed E-state index contributed by atoms with van der Waals surface area (Å²) in [6, 6.07) is 6.83. The number of amides is 1. The van der Waals surface area contributed by atoms with Crippen molar-refractivity contribution in [1.29, 1.82) is 0 Å². The van der Waals surface area contributed by atoms with Crippen LogP contribution in [0, 0.1) is 5.82 Å². The molecule has 30 heavy (non-hydrogen) atoms. The number of ether oxygens (including phenoxy) is 1. The van der Waals surface area contributed by atoms with Crippen LogP contribution in [-0.4, -0.2) is 56.1 Å². The Bertz CT molecular complexity index is 857. The molecule has 8 heteroatoms. The number of likely N-dealkylation sites (tertiary alicyclic amines) is 1. The van der Waals surface area contributed by atoms with Crippen molar-refractivity contribution in [3.8, 4) is 11.4 Å². The van der Waals surface area contributed by atoms with Crippen LogP contribution < -0.4 is 0 Å². The molecule has 3 unspecified atom stereocenters. The van der Waals surface area contributed by atoms with Crippen molar-refractivity contribution in [1.82, 2.24) is 19.7 Å². The van der Waals surface area contributed by atoms with Gasteiger partial charge < -0.3 is 9.64 Å². The lowest BCUT2D eigenvalue weighted by Crippen LogP contribution is -2.48. The van der Waals surface area contributed by atoms with E-state index >= 15 is 0 Å². The monoisotopic (exact) mass is 432 g/mol. The fraction of sp³-hybridized carbons (Fsp3) is 0.591. The number of carbonyl (C=O) groups is 1. The fourth-order valence-electron chi connectivity index (χ4n) is 4.48. The van der Waals surface area contributed by atoms with Gasteiger partial charge in [-0.1, -0.05) is 11.8 Å². The molecule has 0 radical (unpaired) electrons. The second kappa shape index (κ2) is 9.47. The summed E-state index contributed by atoms with van der Waals surface area (Å²) in [6.45, 7) is 5.66. The Morgan fingerprint density at radius 2 is 1.87 bits per heavy atom. The van der Waals surface area contributed by atoms with Crippen LogP contribution >= 0.6 is 11.8 Å². The van der Waals surface area contributed by atoms with E-state index in [1.165, 1.54) is 30.3 Å².